The van der Waals surface area contributed by atoms with Crippen LogP contribution in [-0.4, -0.2) is 82.6 Å². The molecule has 1 N–H and O–H groups in total. The molecule has 3 fully saturated rings. The molecular formula is C33H68O8Si4. The van der Waals surface area contributed by atoms with Crippen LogP contribution in [0.4, 0.5) is 0 Å². The van der Waals surface area contributed by atoms with Gasteiger partial charge in [-0.25, -0.2) is 0 Å². The van der Waals surface area contributed by atoms with Crippen molar-refractivity contribution in [2.75, 3.05) is 6.61 Å². The van der Waals surface area contributed by atoms with E-state index in [1.165, 1.54) is 0 Å². The second-order valence-electron chi connectivity index (χ2n) is 16.2. The van der Waals surface area contributed by atoms with Gasteiger partial charge in [-0.1, -0.05) is 117 Å². The molecule has 2 saturated heterocycles. The number of rotatable bonds is 11. The third-order valence-electron chi connectivity index (χ3n) is 10.7. The van der Waals surface area contributed by atoms with Crippen LogP contribution in [0.25, 0.3) is 0 Å². The molecule has 0 aromatic rings. The maximum Gasteiger partial charge on any atom is 0.335 e. The van der Waals surface area contributed by atoms with Crippen LogP contribution < -0.4 is 0 Å². The van der Waals surface area contributed by atoms with Crippen molar-refractivity contribution >= 4 is 34.2 Å². The summed E-state index contributed by atoms with van der Waals surface area (Å²) in [4.78, 5) is 0. The van der Waals surface area contributed by atoms with E-state index in [0.29, 0.717) is 0 Å². The Morgan fingerprint density at radius 1 is 0.511 bits per heavy atom. The van der Waals surface area contributed by atoms with Crippen LogP contribution >= 0.6 is 0 Å². The Morgan fingerprint density at radius 2 is 0.778 bits per heavy atom. The monoisotopic (exact) mass is 704 g/mol. The number of hydrogen-bond donors (Lipinski definition) is 1. The van der Waals surface area contributed by atoms with E-state index in [2.05, 4.69) is 117 Å². The minimum atomic E-state index is -2.99. The van der Waals surface area contributed by atoms with Gasteiger partial charge in [0, 0.05) is 0 Å². The van der Waals surface area contributed by atoms with Crippen LogP contribution in [-0.2, 0) is 30.7 Å². The average molecular weight is 705 g/mol. The largest absolute Gasteiger partial charge is 0.414 e. The van der Waals surface area contributed by atoms with Gasteiger partial charge in [0.1, 0.15) is 36.6 Å². The van der Waals surface area contributed by atoms with Gasteiger partial charge in [0.15, 0.2) is 0 Å². The molecule has 0 aromatic carbocycles. The van der Waals surface area contributed by atoms with Crippen molar-refractivity contribution in [2.45, 2.75) is 192 Å². The molecule has 45 heavy (non-hydrogen) atoms. The molecule has 0 aromatic heterocycles. The number of ether oxygens (including phenoxy) is 1. The highest BCUT2D eigenvalue weighted by Crippen LogP contribution is 2.54. The van der Waals surface area contributed by atoms with Crippen LogP contribution in [0.2, 0.25) is 44.3 Å². The van der Waals surface area contributed by atoms with Crippen LogP contribution in [0.1, 0.15) is 111 Å². The van der Waals surface area contributed by atoms with Crippen LogP contribution in [0.15, 0.2) is 12.7 Å². The third-order valence-corrected chi connectivity index (χ3v) is 31.3. The van der Waals surface area contributed by atoms with Gasteiger partial charge in [-0.05, 0) is 44.3 Å². The number of fused-ring (bicyclic) bond motifs is 3. The summed E-state index contributed by atoms with van der Waals surface area (Å²) in [6.07, 6.45) is -2.48. The fraction of sp³-hybridized carbons (Fsp3) is 0.939. The summed E-state index contributed by atoms with van der Waals surface area (Å²) < 4.78 is 51.5. The molecule has 8 nitrogen and oxygen atoms in total. The first-order valence-corrected chi connectivity index (χ1v) is 25.6. The zero-order chi connectivity index (χ0) is 34.4. The second-order valence-corrected chi connectivity index (χ2v) is 33.8. The molecule has 0 spiro atoms. The summed E-state index contributed by atoms with van der Waals surface area (Å²) in [6, 6.07) is 0. The lowest BCUT2D eigenvalue weighted by Crippen LogP contribution is -2.70. The number of aliphatic hydroxyl groups is 1. The van der Waals surface area contributed by atoms with E-state index >= 15 is 0 Å². The zero-order valence-corrected chi connectivity index (χ0v) is 35.4. The number of aliphatic hydroxyl groups excluding tert-OH is 1. The van der Waals surface area contributed by atoms with Crippen LogP contribution in [0.5, 0.6) is 0 Å². The molecule has 1 aliphatic carbocycles. The molecule has 12 heteroatoms. The van der Waals surface area contributed by atoms with E-state index in [1.54, 1.807) is 6.08 Å². The van der Waals surface area contributed by atoms with Crippen molar-refractivity contribution in [1.82, 2.24) is 0 Å². The smallest absolute Gasteiger partial charge is 0.335 e. The molecule has 0 bridgehead atoms. The molecule has 0 radical (unpaired) electrons. The molecule has 264 valence electrons. The van der Waals surface area contributed by atoms with Gasteiger partial charge in [-0.2, -0.15) is 0 Å². The molecule has 2 heterocycles. The number of hydrogen-bond acceptors (Lipinski definition) is 8. The highest BCUT2D eigenvalue weighted by Gasteiger charge is 2.70. The fourth-order valence-corrected chi connectivity index (χ4v) is 30.8. The zero-order valence-electron chi connectivity index (χ0n) is 31.4. The minimum absolute atomic E-state index is 0.137. The van der Waals surface area contributed by atoms with Crippen molar-refractivity contribution in [1.29, 1.82) is 0 Å². The lowest BCUT2D eigenvalue weighted by Gasteiger charge is -2.51. The minimum Gasteiger partial charge on any atom is -0.414 e. The molecule has 3 rings (SSSR count). The first-order chi connectivity index (χ1) is 20.7. The highest BCUT2D eigenvalue weighted by molar-refractivity contribution is 6.85. The second kappa shape index (κ2) is 14.6. The predicted molar refractivity (Wildman–Crippen MR) is 191 cm³/mol. The first-order valence-electron chi connectivity index (χ1n) is 17.7. The molecular weight excluding hydrogens is 637 g/mol. The molecule has 0 unspecified atom stereocenters. The van der Waals surface area contributed by atoms with Gasteiger partial charge in [0.2, 0.25) is 0 Å². The van der Waals surface area contributed by atoms with Gasteiger partial charge in [0.05, 0.1) is 6.61 Å². The van der Waals surface area contributed by atoms with Crippen molar-refractivity contribution < 1.29 is 35.8 Å². The Balaban J connectivity index is 2.42. The standard InChI is InChI=1S/C33H68O8Si4/c1-18-19-35-29-28(34)30-32(38-44(24(10)11,25(12)13)40-42(36-30,20(2)3)21(4)5)33-31(29)37-43(22(6)7,23(8)9)41-45(39-33,26(14)15)27(16)17/h18,20-34H,1,19H2,2-17H3/t28-,29-,30-,31-,32+,33+/m0/s1. The lowest BCUT2D eigenvalue weighted by molar-refractivity contribution is -0.215. The lowest BCUT2D eigenvalue weighted by atomic mass is 9.85. The normalized spacial score (nSPS) is 32.8. The van der Waals surface area contributed by atoms with E-state index in [-0.39, 0.29) is 50.9 Å². The van der Waals surface area contributed by atoms with Gasteiger partial charge in [0.25, 0.3) is 0 Å². The summed E-state index contributed by atoms with van der Waals surface area (Å²) in [5.74, 6) is 0. The van der Waals surface area contributed by atoms with E-state index < -0.39 is 70.9 Å². The highest BCUT2D eigenvalue weighted by atomic mass is 28.5. The maximum atomic E-state index is 12.5. The Bertz CT molecular complexity index is 956. The fourth-order valence-electron chi connectivity index (χ4n) is 8.19. The predicted octanol–water partition coefficient (Wildman–Crippen LogP) is 8.58. The van der Waals surface area contributed by atoms with Gasteiger partial charge in [-0.3, -0.25) is 0 Å². The van der Waals surface area contributed by atoms with Crippen LogP contribution in [0, 0.1) is 0 Å². The molecule has 3 aliphatic rings. The average Bonchev–Trinajstić information content (AvgIpc) is 3.21. The van der Waals surface area contributed by atoms with Crippen molar-refractivity contribution in [3.63, 3.8) is 0 Å². The summed E-state index contributed by atoms with van der Waals surface area (Å²) in [7, 11) is -11.9. The molecule has 6 atom stereocenters. The first kappa shape index (κ1) is 39.7. The van der Waals surface area contributed by atoms with Crippen molar-refractivity contribution in [3.05, 3.63) is 12.7 Å². The summed E-state index contributed by atoms with van der Waals surface area (Å²) in [5, 5.41) is 12.5. The SMILES string of the molecule is C=CCO[C@H]1[C@H](O)[C@@H]2O[Si](C(C)C)(C(C)C)O[Si](C(C)C)(C(C)C)O[C@H]2[C@@H]2O[Si](C(C)C)(C(C)C)O[Si](C(C)C)(C(C)C)O[C@H]21. The van der Waals surface area contributed by atoms with Gasteiger partial charge >= 0.3 is 34.2 Å². The summed E-state index contributed by atoms with van der Waals surface area (Å²) >= 11 is 0. The van der Waals surface area contributed by atoms with Gasteiger partial charge < -0.3 is 35.8 Å². The van der Waals surface area contributed by atoms with Gasteiger partial charge in [-0.15, -0.1) is 6.58 Å². The Kier molecular flexibility index (Phi) is 12.9. The van der Waals surface area contributed by atoms with E-state index in [4.69, 9.17) is 30.7 Å². The van der Waals surface area contributed by atoms with E-state index in [0.717, 1.165) is 0 Å². The molecule has 0 amide bonds. The quantitative estimate of drug-likeness (QED) is 0.169. The Hall–Kier alpha value is 0.288. The Morgan fingerprint density at radius 3 is 1.07 bits per heavy atom. The molecule has 1 saturated carbocycles. The van der Waals surface area contributed by atoms with E-state index in [1.807, 2.05) is 0 Å². The van der Waals surface area contributed by atoms with Crippen molar-refractivity contribution in [2.24, 2.45) is 0 Å². The van der Waals surface area contributed by atoms with E-state index in [9.17, 15) is 5.11 Å². The summed E-state index contributed by atoms with van der Waals surface area (Å²) in [6.45, 7) is 39.7. The maximum absolute atomic E-state index is 12.5. The Labute approximate surface area is 280 Å². The third kappa shape index (κ3) is 6.75. The topological polar surface area (TPSA) is 84.8 Å². The summed E-state index contributed by atoms with van der Waals surface area (Å²) in [5.41, 5.74) is 1.18. The van der Waals surface area contributed by atoms with Crippen molar-refractivity contribution in [3.8, 4) is 0 Å². The molecule has 2 aliphatic heterocycles. The van der Waals surface area contributed by atoms with Crippen LogP contribution in [0.3, 0.4) is 0 Å².